The van der Waals surface area contributed by atoms with Gasteiger partial charge in [-0.15, -0.1) is 0 Å². The number of benzene rings is 1. The highest BCUT2D eigenvalue weighted by Crippen LogP contribution is 2.51. The van der Waals surface area contributed by atoms with Crippen molar-refractivity contribution in [1.82, 2.24) is 30.2 Å². The van der Waals surface area contributed by atoms with E-state index in [2.05, 4.69) is 20.6 Å². The van der Waals surface area contributed by atoms with Crippen LogP contribution in [0.2, 0.25) is 0 Å². The van der Waals surface area contributed by atoms with Crippen molar-refractivity contribution in [2.45, 2.75) is 112 Å². The lowest BCUT2D eigenvalue weighted by molar-refractivity contribution is -0.141. The summed E-state index contributed by atoms with van der Waals surface area (Å²) in [6.07, 6.45) is -2.06. The van der Waals surface area contributed by atoms with E-state index in [9.17, 15) is 32.7 Å². The number of aryl methyl sites for hydroxylation is 1. The second kappa shape index (κ2) is 13.3. The predicted molar refractivity (Wildman–Crippen MR) is 170 cm³/mol. The van der Waals surface area contributed by atoms with Gasteiger partial charge in [0, 0.05) is 19.3 Å². The molecule has 49 heavy (non-hydrogen) atoms. The highest BCUT2D eigenvalue weighted by molar-refractivity contribution is 7.91. The van der Waals surface area contributed by atoms with Crippen LogP contribution < -0.4 is 20.1 Å². The summed E-state index contributed by atoms with van der Waals surface area (Å²) in [5, 5.41) is 13.5. The first-order valence-corrected chi connectivity index (χ1v) is 18.2. The summed E-state index contributed by atoms with van der Waals surface area (Å²) < 4.78 is 63.9. The van der Waals surface area contributed by atoms with Gasteiger partial charge in [-0.1, -0.05) is 31.9 Å². The molecule has 3 heterocycles. The van der Waals surface area contributed by atoms with Crippen molar-refractivity contribution in [3.8, 4) is 5.88 Å². The SMILES string of the molecule is CCc1nc2ccccc2nc1O[C@@H]1C[C@H]2C(=O)N[C@]3(C(=O)NS(=O)(=O)C4CC4)C[C@H]3CC(F)(F)CCCCC[C@H](NC(=O)O)C(=O)N2C1. The fraction of sp³-hybridized carbons (Fsp3) is 0.625. The smallest absolute Gasteiger partial charge is 0.405 e. The Kier molecular flexibility index (Phi) is 9.41. The first-order valence-electron chi connectivity index (χ1n) is 16.7. The number of amides is 4. The molecule has 4 N–H and O–H groups in total. The van der Waals surface area contributed by atoms with Gasteiger partial charge in [-0.2, -0.15) is 0 Å². The van der Waals surface area contributed by atoms with Crippen molar-refractivity contribution < 1.29 is 46.2 Å². The van der Waals surface area contributed by atoms with E-state index < -0.39 is 87.5 Å². The van der Waals surface area contributed by atoms with Gasteiger partial charge in [0.1, 0.15) is 29.4 Å². The largest absolute Gasteiger partial charge is 0.471 e. The van der Waals surface area contributed by atoms with E-state index in [0.717, 1.165) is 0 Å². The molecular weight excluding hydrogens is 666 g/mol. The molecule has 2 aliphatic heterocycles. The molecule has 0 bridgehead atoms. The molecule has 14 nitrogen and oxygen atoms in total. The summed E-state index contributed by atoms with van der Waals surface area (Å²) in [6, 6.07) is 4.60. The van der Waals surface area contributed by atoms with E-state index in [1.54, 1.807) is 18.2 Å². The number of fused-ring (bicyclic) bond motifs is 3. The number of aromatic nitrogens is 2. The number of carbonyl (C=O) groups excluding carboxylic acids is 3. The number of nitrogens with one attached hydrogen (secondary N) is 3. The van der Waals surface area contributed by atoms with Gasteiger partial charge < -0.3 is 25.4 Å². The quantitative estimate of drug-likeness (QED) is 0.332. The van der Waals surface area contributed by atoms with E-state index in [1.807, 2.05) is 17.7 Å². The van der Waals surface area contributed by atoms with Gasteiger partial charge in [0.05, 0.1) is 22.8 Å². The number of rotatable bonds is 7. The zero-order chi connectivity index (χ0) is 35.1. The number of nitrogens with zero attached hydrogens (tertiary/aromatic N) is 3. The average Bonchev–Trinajstić information content (AvgIpc) is 3.96. The first kappa shape index (κ1) is 34.7. The lowest BCUT2D eigenvalue weighted by Crippen LogP contribution is -2.58. The third kappa shape index (κ3) is 7.55. The van der Waals surface area contributed by atoms with Crippen molar-refractivity contribution in [2.75, 3.05) is 6.54 Å². The van der Waals surface area contributed by atoms with Crippen molar-refractivity contribution in [2.24, 2.45) is 5.92 Å². The fourth-order valence-electron chi connectivity index (χ4n) is 6.91. The number of carboxylic acid groups (broad SMARTS) is 1. The highest BCUT2D eigenvalue weighted by Gasteiger charge is 2.65. The van der Waals surface area contributed by atoms with E-state index >= 15 is 8.78 Å². The molecule has 2 saturated heterocycles. The van der Waals surface area contributed by atoms with E-state index in [-0.39, 0.29) is 50.9 Å². The number of ether oxygens (including phenoxy) is 1. The van der Waals surface area contributed by atoms with Crippen molar-refractivity contribution >= 4 is 44.9 Å². The first-order chi connectivity index (χ1) is 23.2. The number of carbonyl (C=O) groups is 4. The maximum atomic E-state index is 15.1. The third-order valence-electron chi connectivity index (χ3n) is 9.80. The molecule has 4 amide bonds. The maximum Gasteiger partial charge on any atom is 0.405 e. The van der Waals surface area contributed by atoms with E-state index in [1.165, 1.54) is 4.90 Å². The van der Waals surface area contributed by atoms with Crippen LogP contribution in [0, 0.1) is 5.92 Å². The van der Waals surface area contributed by atoms with Gasteiger partial charge in [0.2, 0.25) is 33.6 Å². The molecule has 2 aromatic rings. The number of para-hydroxylation sites is 2. The molecule has 17 heteroatoms. The Bertz CT molecular complexity index is 1760. The molecule has 1 aromatic carbocycles. The molecule has 1 aromatic heterocycles. The molecule has 4 aliphatic rings. The van der Waals surface area contributed by atoms with Crippen LogP contribution in [0.4, 0.5) is 13.6 Å². The molecular formula is C32H40F2N6O8S. The molecule has 266 valence electrons. The fourth-order valence-corrected chi connectivity index (χ4v) is 8.27. The minimum absolute atomic E-state index is 0.0111. The summed E-state index contributed by atoms with van der Waals surface area (Å²) in [5.74, 6) is -6.73. The summed E-state index contributed by atoms with van der Waals surface area (Å²) in [4.78, 5) is 63.7. The van der Waals surface area contributed by atoms with Crippen molar-refractivity contribution in [1.29, 1.82) is 0 Å². The Morgan fingerprint density at radius 1 is 1.08 bits per heavy atom. The minimum atomic E-state index is -4.07. The molecule has 6 rings (SSSR count). The van der Waals surface area contributed by atoms with Crippen LogP contribution >= 0.6 is 0 Å². The lowest BCUT2D eigenvalue weighted by atomic mass is 10.00. The van der Waals surface area contributed by atoms with Gasteiger partial charge in [-0.25, -0.2) is 32.0 Å². The van der Waals surface area contributed by atoms with Crippen LogP contribution in [0.1, 0.15) is 76.8 Å². The van der Waals surface area contributed by atoms with Gasteiger partial charge in [-0.05, 0) is 56.6 Å². The number of hydrogen-bond donors (Lipinski definition) is 4. The van der Waals surface area contributed by atoms with Gasteiger partial charge in [0.25, 0.3) is 5.91 Å². The van der Waals surface area contributed by atoms with Crippen LogP contribution in [-0.4, -0.2) is 93.7 Å². The standard InChI is InChI=1S/C32H40F2N6O8S/c1-2-21-27(36-23-9-6-5-8-22(23)35-21)48-19-14-25-26(41)38-32(29(43)39-49(46,47)20-11-12-20)16-18(32)15-31(33,34)13-7-3-4-10-24(37-30(44)45)28(42)40(25)17-19/h5-6,8-9,18-20,24-25,37H,2-4,7,10-17H2,1H3,(H,38,41)(H,39,43)(H,44,45)/t18-,19-,24+,25+,32-/m1/s1. The van der Waals surface area contributed by atoms with Gasteiger partial charge >= 0.3 is 6.09 Å². The average molecular weight is 707 g/mol. The molecule has 5 atom stereocenters. The van der Waals surface area contributed by atoms with E-state index in [0.29, 0.717) is 36.0 Å². The second-order valence-electron chi connectivity index (χ2n) is 13.5. The monoisotopic (exact) mass is 706 g/mol. The Morgan fingerprint density at radius 3 is 2.47 bits per heavy atom. The molecule has 2 aliphatic carbocycles. The van der Waals surface area contributed by atoms with Gasteiger partial charge in [-0.3, -0.25) is 19.1 Å². The Balaban J connectivity index is 1.32. The maximum absolute atomic E-state index is 15.1. The van der Waals surface area contributed by atoms with Crippen LogP contribution in [-0.2, 0) is 30.8 Å². The zero-order valence-corrected chi connectivity index (χ0v) is 27.8. The molecule has 0 radical (unpaired) electrons. The zero-order valence-electron chi connectivity index (χ0n) is 27.0. The number of sulfonamides is 1. The summed E-state index contributed by atoms with van der Waals surface area (Å²) in [6.45, 7) is 1.72. The Morgan fingerprint density at radius 2 is 1.80 bits per heavy atom. The van der Waals surface area contributed by atoms with Crippen LogP contribution in [0.25, 0.3) is 11.0 Å². The normalized spacial score (nSPS) is 29.1. The number of alkyl halides is 2. The minimum Gasteiger partial charge on any atom is -0.471 e. The predicted octanol–water partition coefficient (Wildman–Crippen LogP) is 2.65. The Hall–Kier alpha value is -4.15. The highest BCUT2D eigenvalue weighted by atomic mass is 32.2. The van der Waals surface area contributed by atoms with Crippen molar-refractivity contribution in [3.05, 3.63) is 30.0 Å². The molecule has 2 saturated carbocycles. The lowest BCUT2D eigenvalue weighted by Gasteiger charge is -2.29. The van der Waals surface area contributed by atoms with Crippen molar-refractivity contribution in [3.63, 3.8) is 0 Å². The Labute approximate surface area is 281 Å². The summed E-state index contributed by atoms with van der Waals surface area (Å²) >= 11 is 0. The topological polar surface area (TPSA) is 197 Å². The summed E-state index contributed by atoms with van der Waals surface area (Å²) in [7, 11) is -4.07. The van der Waals surface area contributed by atoms with Crippen LogP contribution in [0.3, 0.4) is 0 Å². The van der Waals surface area contributed by atoms with Gasteiger partial charge in [0.15, 0.2) is 0 Å². The molecule has 0 spiro atoms. The number of halogens is 2. The third-order valence-corrected chi connectivity index (χ3v) is 11.6. The van der Waals surface area contributed by atoms with Crippen LogP contribution in [0.5, 0.6) is 5.88 Å². The number of hydrogen-bond acceptors (Lipinski definition) is 9. The van der Waals surface area contributed by atoms with E-state index in [4.69, 9.17) is 4.74 Å². The molecule has 4 fully saturated rings. The van der Waals surface area contributed by atoms with Crippen LogP contribution in [0.15, 0.2) is 24.3 Å². The second-order valence-corrected chi connectivity index (χ2v) is 15.5. The summed E-state index contributed by atoms with van der Waals surface area (Å²) in [5.41, 5.74) is -0.181. The molecule has 0 unspecified atom stereocenters.